The third kappa shape index (κ3) is 2.24. The fraction of sp³-hybridized carbons (Fsp3) is 0.500. The van der Waals surface area contributed by atoms with E-state index >= 15 is 0 Å². The summed E-state index contributed by atoms with van der Waals surface area (Å²) in [6, 6.07) is 9.60. The Morgan fingerprint density at radius 3 is 2.43 bits per heavy atom. The number of alkyl halides is 2. The van der Waals surface area contributed by atoms with E-state index in [1.165, 1.54) is 0 Å². The van der Waals surface area contributed by atoms with Crippen molar-refractivity contribution in [2.45, 2.75) is 43.9 Å². The highest BCUT2D eigenvalue weighted by molar-refractivity contribution is 5.51. The maximum atomic E-state index is 13.3. The van der Waals surface area contributed by atoms with Gasteiger partial charge >= 0.3 is 0 Å². The van der Waals surface area contributed by atoms with Crippen LogP contribution in [0, 0.1) is 5.41 Å². The Morgan fingerprint density at radius 2 is 1.71 bits per heavy atom. The molecule has 1 heterocycles. The van der Waals surface area contributed by atoms with E-state index in [9.17, 15) is 8.78 Å². The molecule has 1 aromatic carbocycles. The van der Waals surface area contributed by atoms with Crippen LogP contribution in [-0.4, -0.2) is 16.1 Å². The van der Waals surface area contributed by atoms with Gasteiger partial charge in [-0.1, -0.05) is 18.2 Å². The molecule has 1 atom stereocenters. The smallest absolute Gasteiger partial charge is 0.248 e. The van der Waals surface area contributed by atoms with Gasteiger partial charge in [-0.15, -0.1) is 10.2 Å². The summed E-state index contributed by atoms with van der Waals surface area (Å²) < 4.78 is 32.3. The third-order valence-electron chi connectivity index (χ3n) is 4.93. The lowest BCUT2D eigenvalue weighted by molar-refractivity contribution is -0.0507. The first-order valence-corrected chi connectivity index (χ1v) is 7.35. The number of nitrogens with zero attached hydrogens (tertiary/aromatic N) is 2. The van der Waals surface area contributed by atoms with Gasteiger partial charge in [0.1, 0.15) is 0 Å². The molecule has 3 nitrogen and oxygen atoms in total. The molecule has 2 aliphatic carbocycles. The van der Waals surface area contributed by atoms with Crippen LogP contribution in [-0.2, 0) is 0 Å². The van der Waals surface area contributed by atoms with E-state index in [0.29, 0.717) is 24.6 Å². The molecule has 0 aliphatic heterocycles. The van der Waals surface area contributed by atoms with Crippen molar-refractivity contribution in [3.63, 3.8) is 0 Å². The van der Waals surface area contributed by atoms with E-state index < -0.39 is 5.92 Å². The molecule has 4 rings (SSSR count). The molecular weight excluding hydrogens is 274 g/mol. The van der Waals surface area contributed by atoms with Crippen LogP contribution < -0.4 is 0 Å². The van der Waals surface area contributed by atoms with Gasteiger partial charge in [0.2, 0.25) is 17.7 Å². The van der Waals surface area contributed by atoms with Gasteiger partial charge in [0.15, 0.2) is 0 Å². The lowest BCUT2D eigenvalue weighted by atomic mass is 9.82. The van der Waals surface area contributed by atoms with Crippen LogP contribution in [0.5, 0.6) is 0 Å². The van der Waals surface area contributed by atoms with E-state index in [0.717, 1.165) is 12.0 Å². The van der Waals surface area contributed by atoms with Crippen molar-refractivity contribution >= 4 is 0 Å². The summed E-state index contributed by atoms with van der Waals surface area (Å²) in [5.41, 5.74) is 0.878. The summed E-state index contributed by atoms with van der Waals surface area (Å²) in [4.78, 5) is 0. The highest BCUT2D eigenvalue weighted by atomic mass is 19.3. The second kappa shape index (κ2) is 4.36. The highest BCUT2D eigenvalue weighted by Gasteiger charge is 2.60. The van der Waals surface area contributed by atoms with E-state index in [4.69, 9.17) is 4.42 Å². The summed E-state index contributed by atoms with van der Waals surface area (Å²) in [7, 11) is 0. The Kier molecular flexibility index (Phi) is 2.68. The first kappa shape index (κ1) is 12.9. The van der Waals surface area contributed by atoms with Crippen molar-refractivity contribution in [2.24, 2.45) is 5.41 Å². The topological polar surface area (TPSA) is 38.9 Å². The van der Waals surface area contributed by atoms with E-state index in [1.54, 1.807) is 0 Å². The van der Waals surface area contributed by atoms with E-state index in [2.05, 4.69) is 10.2 Å². The lowest BCUT2D eigenvalue weighted by Crippen LogP contribution is -2.26. The molecule has 1 unspecified atom stereocenters. The van der Waals surface area contributed by atoms with Gasteiger partial charge in [-0.05, 0) is 36.8 Å². The molecule has 1 spiro atoms. The maximum absolute atomic E-state index is 13.3. The lowest BCUT2D eigenvalue weighted by Gasteiger charge is -2.28. The number of halogens is 2. The van der Waals surface area contributed by atoms with Crippen molar-refractivity contribution in [2.75, 3.05) is 0 Å². The van der Waals surface area contributed by atoms with Gasteiger partial charge in [0.25, 0.3) is 0 Å². The van der Waals surface area contributed by atoms with Crippen LogP contribution in [0.1, 0.15) is 43.9 Å². The van der Waals surface area contributed by atoms with Crippen LogP contribution in [0.2, 0.25) is 0 Å². The van der Waals surface area contributed by atoms with Crippen molar-refractivity contribution in [1.82, 2.24) is 10.2 Å². The number of hydrogen-bond acceptors (Lipinski definition) is 3. The average molecular weight is 290 g/mol. The molecule has 5 heteroatoms. The molecule has 21 heavy (non-hydrogen) atoms. The quantitative estimate of drug-likeness (QED) is 0.821. The molecule has 0 amide bonds. The molecule has 0 N–H and O–H groups in total. The van der Waals surface area contributed by atoms with Gasteiger partial charge in [0, 0.05) is 24.3 Å². The standard InChI is InChI=1S/C16H16F2N2O/c17-16(18)8-6-15(7-9-16)10-12(15)14-20-19-13(21-14)11-4-2-1-3-5-11/h1-5,12H,6-10H2. The normalized spacial score (nSPS) is 25.9. The van der Waals surface area contributed by atoms with E-state index in [1.807, 2.05) is 30.3 Å². The number of hydrogen-bond donors (Lipinski definition) is 0. The Bertz CT molecular complexity index is 643. The molecule has 2 fully saturated rings. The molecule has 110 valence electrons. The van der Waals surface area contributed by atoms with E-state index in [-0.39, 0.29) is 24.2 Å². The minimum atomic E-state index is -2.48. The molecule has 0 saturated heterocycles. The second-order valence-corrected chi connectivity index (χ2v) is 6.29. The summed E-state index contributed by atoms with van der Waals surface area (Å²) >= 11 is 0. The molecule has 0 bridgehead atoms. The fourth-order valence-corrected chi connectivity index (χ4v) is 3.44. The molecule has 2 aromatic rings. The Labute approximate surface area is 121 Å². The zero-order valence-electron chi connectivity index (χ0n) is 11.6. The summed E-state index contributed by atoms with van der Waals surface area (Å²) in [6.07, 6.45) is 2.01. The minimum absolute atomic E-state index is 0.0107. The Hall–Kier alpha value is -1.78. The van der Waals surface area contributed by atoms with Crippen LogP contribution in [0.4, 0.5) is 8.78 Å². The predicted octanol–water partition coefficient (Wildman–Crippen LogP) is 4.42. The van der Waals surface area contributed by atoms with Crippen LogP contribution in [0.3, 0.4) is 0 Å². The minimum Gasteiger partial charge on any atom is -0.420 e. The molecule has 2 aliphatic rings. The van der Waals surface area contributed by atoms with Crippen molar-refractivity contribution < 1.29 is 13.2 Å². The number of benzene rings is 1. The first-order valence-electron chi connectivity index (χ1n) is 7.35. The van der Waals surface area contributed by atoms with Crippen LogP contribution in [0.15, 0.2) is 34.7 Å². The molecule has 0 radical (unpaired) electrons. The van der Waals surface area contributed by atoms with Gasteiger partial charge in [-0.3, -0.25) is 0 Å². The van der Waals surface area contributed by atoms with Crippen LogP contribution >= 0.6 is 0 Å². The third-order valence-corrected chi connectivity index (χ3v) is 4.93. The number of rotatable bonds is 2. The van der Waals surface area contributed by atoms with Crippen molar-refractivity contribution in [3.05, 3.63) is 36.2 Å². The first-order chi connectivity index (χ1) is 10.1. The molecule has 2 saturated carbocycles. The summed E-state index contributed by atoms with van der Waals surface area (Å²) in [5.74, 6) is -1.20. The van der Waals surface area contributed by atoms with Crippen molar-refractivity contribution in [1.29, 1.82) is 0 Å². The fourth-order valence-electron chi connectivity index (χ4n) is 3.44. The van der Waals surface area contributed by atoms with Gasteiger partial charge in [0.05, 0.1) is 0 Å². The summed E-state index contributed by atoms with van der Waals surface area (Å²) in [5, 5.41) is 8.23. The largest absolute Gasteiger partial charge is 0.420 e. The predicted molar refractivity (Wildman–Crippen MR) is 72.9 cm³/mol. The Morgan fingerprint density at radius 1 is 1.00 bits per heavy atom. The zero-order valence-corrected chi connectivity index (χ0v) is 11.6. The zero-order chi connectivity index (χ0) is 14.5. The summed E-state index contributed by atoms with van der Waals surface area (Å²) in [6.45, 7) is 0. The molecule has 1 aromatic heterocycles. The number of aromatic nitrogens is 2. The Balaban J connectivity index is 1.51. The SMILES string of the molecule is FC1(F)CCC2(CC1)CC2c1nnc(-c2ccccc2)o1. The molecular formula is C16H16F2N2O. The van der Waals surface area contributed by atoms with Gasteiger partial charge < -0.3 is 4.42 Å². The van der Waals surface area contributed by atoms with Gasteiger partial charge in [-0.25, -0.2) is 8.78 Å². The average Bonchev–Trinajstić information content (AvgIpc) is 2.98. The van der Waals surface area contributed by atoms with Gasteiger partial charge in [-0.2, -0.15) is 0 Å². The van der Waals surface area contributed by atoms with Crippen molar-refractivity contribution in [3.8, 4) is 11.5 Å². The van der Waals surface area contributed by atoms with Crippen LogP contribution in [0.25, 0.3) is 11.5 Å². The maximum Gasteiger partial charge on any atom is 0.248 e. The monoisotopic (exact) mass is 290 g/mol. The highest BCUT2D eigenvalue weighted by Crippen LogP contribution is 2.67. The second-order valence-electron chi connectivity index (χ2n) is 6.29.